The van der Waals surface area contributed by atoms with E-state index in [-0.39, 0.29) is 12.7 Å². The Bertz CT molecular complexity index is 993. The fraction of sp³-hybridized carbons (Fsp3) is 0.0870. The van der Waals surface area contributed by atoms with E-state index in [1.807, 2.05) is 91.0 Å². The van der Waals surface area contributed by atoms with Crippen LogP contribution in [0.2, 0.25) is 0 Å². The maximum atomic E-state index is 12.9. The van der Waals surface area contributed by atoms with Gasteiger partial charge in [-0.1, -0.05) is 78.9 Å². The van der Waals surface area contributed by atoms with Crippen molar-refractivity contribution >= 4 is 22.8 Å². The zero-order valence-electron chi connectivity index (χ0n) is 14.8. The molecule has 0 saturated carbocycles. The average molecular weight is 356 g/mol. The quantitative estimate of drug-likeness (QED) is 0.512. The van der Waals surface area contributed by atoms with E-state index in [2.05, 4.69) is 4.98 Å². The summed E-state index contributed by atoms with van der Waals surface area (Å²) in [6.45, 7) is 0.673. The van der Waals surface area contributed by atoms with Gasteiger partial charge in [0.1, 0.15) is 12.4 Å². The lowest BCUT2D eigenvalue weighted by molar-refractivity contribution is 0.146. The highest BCUT2D eigenvalue weighted by atomic mass is 16.6. The first kappa shape index (κ1) is 16.9. The molecule has 0 aliphatic heterocycles. The summed E-state index contributed by atoms with van der Waals surface area (Å²) in [7, 11) is 0. The monoisotopic (exact) mass is 356 g/mol. The first-order chi connectivity index (χ1) is 13.3. The predicted octanol–water partition coefficient (Wildman–Crippen LogP) is 5.51. The molecule has 3 aromatic carbocycles. The fourth-order valence-electron chi connectivity index (χ4n) is 3.01. The van der Waals surface area contributed by atoms with Gasteiger partial charge < -0.3 is 9.72 Å². The Labute approximate surface area is 158 Å². The number of carbonyl (C=O) groups excluding carboxylic acids is 1. The molecule has 1 N–H and O–H groups in total. The van der Waals surface area contributed by atoms with Gasteiger partial charge in [0, 0.05) is 10.9 Å². The Kier molecular flexibility index (Phi) is 4.88. The molecule has 0 spiro atoms. The number of hydrogen-bond acceptors (Lipinski definition) is 2. The highest BCUT2D eigenvalue weighted by Crippen LogP contribution is 2.24. The lowest BCUT2D eigenvalue weighted by atomic mass is 10.2. The summed E-state index contributed by atoms with van der Waals surface area (Å²) < 4.78 is 5.58. The van der Waals surface area contributed by atoms with Crippen molar-refractivity contribution in [3.8, 4) is 0 Å². The Balaban J connectivity index is 1.59. The Hall–Kier alpha value is -3.53. The lowest BCUT2D eigenvalue weighted by Crippen LogP contribution is -2.31. The summed E-state index contributed by atoms with van der Waals surface area (Å²) in [6, 6.07) is 29.5. The van der Waals surface area contributed by atoms with Crippen LogP contribution in [0, 0.1) is 0 Å². The van der Waals surface area contributed by atoms with Gasteiger partial charge in [-0.3, -0.25) is 4.90 Å². The highest BCUT2D eigenvalue weighted by molar-refractivity contribution is 5.92. The molecule has 1 aromatic heterocycles. The van der Waals surface area contributed by atoms with Crippen molar-refractivity contribution in [1.29, 1.82) is 0 Å². The number of carbonyl (C=O) groups is 1. The van der Waals surface area contributed by atoms with Gasteiger partial charge in [0.2, 0.25) is 0 Å². The molecule has 4 aromatic rings. The van der Waals surface area contributed by atoms with E-state index in [4.69, 9.17) is 4.74 Å². The molecule has 0 unspecified atom stereocenters. The standard InChI is InChI=1S/C23H20N2O2/c26-23(27-17-19-11-5-2-6-12-19)25(16-18-9-3-1-4-10-18)22-15-20-13-7-8-14-21(20)24-22/h1-15,24H,16-17H2. The first-order valence-corrected chi connectivity index (χ1v) is 8.89. The number of nitrogens with zero attached hydrogens (tertiary/aromatic N) is 1. The number of para-hydroxylation sites is 1. The van der Waals surface area contributed by atoms with E-state index in [0.717, 1.165) is 27.8 Å². The van der Waals surface area contributed by atoms with Crippen LogP contribution in [0.4, 0.5) is 10.6 Å². The van der Waals surface area contributed by atoms with E-state index in [9.17, 15) is 4.79 Å². The van der Waals surface area contributed by atoms with Crippen LogP contribution in [0.15, 0.2) is 91.0 Å². The van der Waals surface area contributed by atoms with Crippen LogP contribution in [0.3, 0.4) is 0 Å². The van der Waals surface area contributed by atoms with E-state index < -0.39 is 0 Å². The minimum absolute atomic E-state index is 0.241. The number of benzene rings is 3. The number of nitrogens with one attached hydrogen (secondary N) is 1. The number of ether oxygens (including phenoxy) is 1. The van der Waals surface area contributed by atoms with E-state index in [1.165, 1.54) is 0 Å². The zero-order valence-corrected chi connectivity index (χ0v) is 14.8. The molecule has 4 nitrogen and oxygen atoms in total. The Morgan fingerprint density at radius 2 is 1.44 bits per heavy atom. The molecule has 0 fully saturated rings. The molecule has 0 aliphatic rings. The number of aromatic nitrogens is 1. The minimum Gasteiger partial charge on any atom is -0.444 e. The van der Waals surface area contributed by atoms with E-state index >= 15 is 0 Å². The zero-order chi connectivity index (χ0) is 18.5. The molecule has 0 atom stereocenters. The molecule has 1 heterocycles. The molecular formula is C23H20N2O2. The van der Waals surface area contributed by atoms with Crippen LogP contribution in [0.25, 0.3) is 10.9 Å². The van der Waals surface area contributed by atoms with Gasteiger partial charge in [0.05, 0.1) is 6.54 Å². The van der Waals surface area contributed by atoms with Crippen molar-refractivity contribution in [1.82, 2.24) is 4.98 Å². The van der Waals surface area contributed by atoms with Gasteiger partial charge in [0.15, 0.2) is 0 Å². The second-order valence-corrected chi connectivity index (χ2v) is 6.35. The van der Waals surface area contributed by atoms with Gasteiger partial charge >= 0.3 is 6.09 Å². The second kappa shape index (κ2) is 7.79. The number of H-pyrrole nitrogens is 1. The van der Waals surface area contributed by atoms with Crippen LogP contribution >= 0.6 is 0 Å². The van der Waals surface area contributed by atoms with Crippen molar-refractivity contribution in [2.24, 2.45) is 0 Å². The number of rotatable bonds is 5. The van der Waals surface area contributed by atoms with Gasteiger partial charge in [-0.25, -0.2) is 4.79 Å². The number of anilines is 1. The first-order valence-electron chi connectivity index (χ1n) is 8.89. The Morgan fingerprint density at radius 1 is 0.815 bits per heavy atom. The van der Waals surface area contributed by atoms with Crippen molar-refractivity contribution in [2.45, 2.75) is 13.2 Å². The van der Waals surface area contributed by atoms with Gasteiger partial charge in [-0.05, 0) is 23.3 Å². The smallest absolute Gasteiger partial charge is 0.416 e. The SMILES string of the molecule is O=C(OCc1ccccc1)N(Cc1ccccc1)c1cc2ccccc2[nH]1. The van der Waals surface area contributed by atoms with Gasteiger partial charge in [0.25, 0.3) is 0 Å². The number of fused-ring (bicyclic) bond motifs is 1. The second-order valence-electron chi connectivity index (χ2n) is 6.35. The normalized spacial score (nSPS) is 10.7. The third-order valence-corrected chi connectivity index (χ3v) is 4.42. The summed E-state index contributed by atoms with van der Waals surface area (Å²) in [5, 5.41) is 1.06. The molecule has 1 amide bonds. The molecule has 0 saturated heterocycles. The van der Waals surface area contributed by atoms with Crippen molar-refractivity contribution in [2.75, 3.05) is 4.90 Å². The maximum Gasteiger partial charge on any atom is 0.416 e. The maximum absolute atomic E-state index is 12.9. The average Bonchev–Trinajstić information content (AvgIpc) is 3.15. The summed E-state index contributed by atoms with van der Waals surface area (Å²) in [5.74, 6) is 0.720. The molecule has 0 radical (unpaired) electrons. The van der Waals surface area contributed by atoms with Crippen LogP contribution in [0.5, 0.6) is 0 Å². The van der Waals surface area contributed by atoms with Crippen molar-refractivity contribution in [3.05, 3.63) is 102 Å². The largest absolute Gasteiger partial charge is 0.444 e. The predicted molar refractivity (Wildman–Crippen MR) is 108 cm³/mol. The number of hydrogen-bond donors (Lipinski definition) is 1. The minimum atomic E-state index is -0.380. The molecule has 0 aliphatic carbocycles. The fourth-order valence-corrected chi connectivity index (χ4v) is 3.01. The molecule has 134 valence electrons. The molecule has 0 bridgehead atoms. The van der Waals surface area contributed by atoms with E-state index in [0.29, 0.717) is 6.54 Å². The summed E-state index contributed by atoms with van der Waals surface area (Å²) >= 11 is 0. The van der Waals surface area contributed by atoms with E-state index in [1.54, 1.807) is 4.90 Å². The van der Waals surface area contributed by atoms with Crippen LogP contribution in [0.1, 0.15) is 11.1 Å². The molecule has 4 heteroatoms. The van der Waals surface area contributed by atoms with Crippen LogP contribution in [-0.4, -0.2) is 11.1 Å². The summed E-state index contributed by atoms with van der Waals surface area (Å²) in [4.78, 5) is 17.8. The third-order valence-electron chi connectivity index (χ3n) is 4.42. The summed E-state index contributed by atoms with van der Waals surface area (Å²) in [6.07, 6.45) is -0.380. The lowest BCUT2D eigenvalue weighted by Gasteiger charge is -2.21. The highest BCUT2D eigenvalue weighted by Gasteiger charge is 2.20. The van der Waals surface area contributed by atoms with Gasteiger partial charge in [-0.2, -0.15) is 0 Å². The molecule has 27 heavy (non-hydrogen) atoms. The number of amides is 1. The van der Waals surface area contributed by atoms with Crippen molar-refractivity contribution in [3.63, 3.8) is 0 Å². The van der Waals surface area contributed by atoms with Crippen LogP contribution < -0.4 is 4.90 Å². The van der Waals surface area contributed by atoms with Gasteiger partial charge in [-0.15, -0.1) is 0 Å². The Morgan fingerprint density at radius 3 is 2.15 bits per heavy atom. The third kappa shape index (κ3) is 4.01. The van der Waals surface area contributed by atoms with Crippen LogP contribution in [-0.2, 0) is 17.9 Å². The molecule has 4 rings (SSSR count). The molecular weight excluding hydrogens is 336 g/mol. The summed E-state index contributed by atoms with van der Waals surface area (Å²) in [5.41, 5.74) is 2.98. The van der Waals surface area contributed by atoms with Crippen molar-refractivity contribution < 1.29 is 9.53 Å². The number of aromatic amines is 1. The topological polar surface area (TPSA) is 45.3 Å².